The molecule has 1 amide bonds. The molecule has 0 spiro atoms. The van der Waals surface area contributed by atoms with Gasteiger partial charge in [0.25, 0.3) is 5.91 Å². The second kappa shape index (κ2) is 6.76. The van der Waals surface area contributed by atoms with Crippen molar-refractivity contribution < 1.29 is 19.1 Å². The summed E-state index contributed by atoms with van der Waals surface area (Å²) < 4.78 is 5.24. The van der Waals surface area contributed by atoms with Gasteiger partial charge >= 0.3 is 5.97 Å². The van der Waals surface area contributed by atoms with Crippen molar-refractivity contribution in [3.8, 4) is 0 Å². The highest BCUT2D eigenvalue weighted by atomic mass is 32.2. The van der Waals surface area contributed by atoms with Crippen LogP contribution in [0.25, 0.3) is 6.08 Å². The number of carbonyl (C=O) groups excluding carboxylic acids is 1. The lowest BCUT2D eigenvalue weighted by molar-refractivity contribution is -0.122. The molecule has 122 valence electrons. The van der Waals surface area contributed by atoms with Crippen LogP contribution < -0.4 is 0 Å². The third kappa shape index (κ3) is 3.11. The summed E-state index contributed by atoms with van der Waals surface area (Å²) in [6.07, 6.45) is 3.19. The Bertz CT molecular complexity index is 840. The Hall–Kier alpha value is -2.80. The molecule has 0 aliphatic carbocycles. The monoisotopic (exact) mass is 342 g/mol. The summed E-state index contributed by atoms with van der Waals surface area (Å²) in [4.78, 5) is 30.2. The number of aromatic carboxylic acids is 1. The molecule has 0 unspecified atom stereocenters. The number of hydrogen-bond acceptors (Lipinski definition) is 5. The van der Waals surface area contributed by atoms with Gasteiger partial charge in [-0.1, -0.05) is 12.1 Å². The smallest absolute Gasteiger partial charge is 0.337 e. The molecule has 1 aromatic heterocycles. The summed E-state index contributed by atoms with van der Waals surface area (Å²) in [6.45, 7) is 2.28. The van der Waals surface area contributed by atoms with E-state index < -0.39 is 5.97 Å². The van der Waals surface area contributed by atoms with E-state index >= 15 is 0 Å². The predicted octanol–water partition coefficient (Wildman–Crippen LogP) is 3.60. The van der Waals surface area contributed by atoms with Crippen LogP contribution in [0.5, 0.6) is 0 Å². The van der Waals surface area contributed by atoms with Gasteiger partial charge in [-0.15, -0.1) is 0 Å². The minimum absolute atomic E-state index is 0.0950. The minimum atomic E-state index is -1.06. The standard InChI is InChI=1S/C17H14N2O4S/c1-2-19-15(20)14(10-11-6-5-9-23-11)24-17(19)18-13-8-4-3-7-12(13)16(21)22/h3-10H,2H2,1H3,(H,21,22)/b14-10-,18-17?. The Morgan fingerprint density at radius 2 is 2.12 bits per heavy atom. The van der Waals surface area contributed by atoms with Gasteiger partial charge in [0.2, 0.25) is 0 Å². The molecule has 0 radical (unpaired) electrons. The lowest BCUT2D eigenvalue weighted by Gasteiger charge is -2.12. The normalized spacial score (nSPS) is 17.9. The number of rotatable bonds is 4. The van der Waals surface area contributed by atoms with Crippen molar-refractivity contribution in [1.82, 2.24) is 4.90 Å². The van der Waals surface area contributed by atoms with Gasteiger partial charge in [-0.25, -0.2) is 9.79 Å². The number of benzene rings is 1. The highest BCUT2D eigenvalue weighted by Crippen LogP contribution is 2.34. The highest BCUT2D eigenvalue weighted by Gasteiger charge is 2.32. The number of aliphatic imine (C=N–C) groups is 1. The van der Waals surface area contributed by atoms with Gasteiger partial charge in [-0.05, 0) is 43.0 Å². The fourth-order valence-electron chi connectivity index (χ4n) is 2.23. The maximum Gasteiger partial charge on any atom is 0.337 e. The van der Waals surface area contributed by atoms with Crippen LogP contribution in [-0.4, -0.2) is 33.6 Å². The Morgan fingerprint density at radius 3 is 2.79 bits per heavy atom. The number of carboxylic acid groups (broad SMARTS) is 1. The number of para-hydroxylation sites is 1. The largest absolute Gasteiger partial charge is 0.478 e. The van der Waals surface area contributed by atoms with E-state index in [1.54, 1.807) is 36.4 Å². The van der Waals surface area contributed by atoms with Crippen LogP contribution in [0.4, 0.5) is 5.69 Å². The number of amidine groups is 1. The molecule has 1 N–H and O–H groups in total. The quantitative estimate of drug-likeness (QED) is 0.858. The first-order valence-electron chi connectivity index (χ1n) is 7.26. The van der Waals surface area contributed by atoms with Crippen LogP contribution in [0.3, 0.4) is 0 Å². The molecule has 0 bridgehead atoms. The summed E-state index contributed by atoms with van der Waals surface area (Å²) >= 11 is 1.20. The molecule has 1 aliphatic rings. The first-order chi connectivity index (χ1) is 11.6. The van der Waals surface area contributed by atoms with Gasteiger partial charge in [0.1, 0.15) is 5.76 Å². The van der Waals surface area contributed by atoms with E-state index in [0.29, 0.717) is 28.1 Å². The van der Waals surface area contributed by atoms with Crippen molar-refractivity contribution in [2.75, 3.05) is 6.54 Å². The second-order valence-corrected chi connectivity index (χ2v) is 5.90. The Labute approximate surface area is 142 Å². The second-order valence-electron chi connectivity index (χ2n) is 4.89. The van der Waals surface area contributed by atoms with E-state index in [-0.39, 0.29) is 11.5 Å². The summed E-state index contributed by atoms with van der Waals surface area (Å²) in [6, 6.07) is 9.95. The topological polar surface area (TPSA) is 83.1 Å². The van der Waals surface area contributed by atoms with E-state index in [0.717, 1.165) is 0 Å². The number of amides is 1. The summed E-state index contributed by atoms with van der Waals surface area (Å²) in [5.41, 5.74) is 0.413. The molecule has 0 atom stereocenters. The predicted molar refractivity (Wildman–Crippen MR) is 92.2 cm³/mol. The first kappa shape index (κ1) is 16.1. The van der Waals surface area contributed by atoms with Crippen LogP contribution >= 0.6 is 11.8 Å². The fourth-order valence-corrected chi connectivity index (χ4v) is 3.26. The van der Waals surface area contributed by atoms with Crippen LogP contribution in [0.2, 0.25) is 0 Å². The van der Waals surface area contributed by atoms with E-state index in [1.165, 1.54) is 29.0 Å². The summed E-state index contributed by atoms with van der Waals surface area (Å²) in [7, 11) is 0. The molecule has 1 aromatic carbocycles. The molecule has 7 heteroatoms. The van der Waals surface area contributed by atoms with Gasteiger partial charge in [0, 0.05) is 12.6 Å². The van der Waals surface area contributed by atoms with Crippen LogP contribution in [0.15, 0.2) is 57.0 Å². The Kier molecular flexibility index (Phi) is 4.52. The van der Waals surface area contributed by atoms with E-state index in [9.17, 15) is 14.7 Å². The third-order valence-electron chi connectivity index (χ3n) is 3.37. The SMILES string of the molecule is CCN1C(=O)/C(=C/c2ccco2)SC1=Nc1ccccc1C(=O)O. The molecule has 2 heterocycles. The zero-order valence-electron chi connectivity index (χ0n) is 12.8. The van der Waals surface area contributed by atoms with Crippen molar-refractivity contribution in [1.29, 1.82) is 0 Å². The van der Waals surface area contributed by atoms with E-state index in [4.69, 9.17) is 4.42 Å². The average Bonchev–Trinajstić information content (AvgIpc) is 3.17. The molecule has 1 fully saturated rings. The third-order valence-corrected chi connectivity index (χ3v) is 4.38. The number of thioether (sulfide) groups is 1. The van der Waals surface area contributed by atoms with Gasteiger partial charge in [-0.3, -0.25) is 9.69 Å². The molecule has 24 heavy (non-hydrogen) atoms. The number of furan rings is 1. The summed E-state index contributed by atoms with van der Waals surface area (Å²) in [5, 5.41) is 9.71. The molecule has 3 rings (SSSR count). The molecule has 1 saturated heterocycles. The first-order valence-corrected chi connectivity index (χ1v) is 8.07. The van der Waals surface area contributed by atoms with Crippen molar-refractivity contribution in [2.45, 2.75) is 6.92 Å². The number of carbonyl (C=O) groups is 2. The molecule has 1 aliphatic heterocycles. The molecular formula is C17H14N2O4S. The number of likely N-dealkylation sites (N-methyl/N-ethyl adjacent to an activating group) is 1. The molecule has 2 aromatic rings. The van der Waals surface area contributed by atoms with Gasteiger partial charge in [-0.2, -0.15) is 0 Å². The summed E-state index contributed by atoms with van der Waals surface area (Å²) in [5.74, 6) is -0.654. The minimum Gasteiger partial charge on any atom is -0.478 e. The number of nitrogens with zero attached hydrogens (tertiary/aromatic N) is 2. The van der Waals surface area contributed by atoms with Crippen LogP contribution in [-0.2, 0) is 4.79 Å². The lowest BCUT2D eigenvalue weighted by atomic mass is 10.2. The Morgan fingerprint density at radius 1 is 1.33 bits per heavy atom. The maximum atomic E-state index is 12.5. The fraction of sp³-hybridized carbons (Fsp3) is 0.118. The van der Waals surface area contributed by atoms with Crippen molar-refractivity contribution in [3.63, 3.8) is 0 Å². The highest BCUT2D eigenvalue weighted by molar-refractivity contribution is 8.18. The van der Waals surface area contributed by atoms with Crippen molar-refractivity contribution >= 4 is 40.6 Å². The number of hydrogen-bond donors (Lipinski definition) is 1. The number of carboxylic acids is 1. The molecule has 0 saturated carbocycles. The maximum absolute atomic E-state index is 12.5. The zero-order chi connectivity index (χ0) is 17.1. The molecular weight excluding hydrogens is 328 g/mol. The van der Waals surface area contributed by atoms with E-state index in [2.05, 4.69) is 4.99 Å². The van der Waals surface area contributed by atoms with Crippen LogP contribution in [0.1, 0.15) is 23.0 Å². The molecule has 6 nitrogen and oxygen atoms in total. The van der Waals surface area contributed by atoms with E-state index in [1.807, 2.05) is 6.92 Å². The average molecular weight is 342 g/mol. The van der Waals surface area contributed by atoms with Crippen molar-refractivity contribution in [2.24, 2.45) is 4.99 Å². The Balaban J connectivity index is 1.99. The lowest BCUT2D eigenvalue weighted by Crippen LogP contribution is -2.28. The van der Waals surface area contributed by atoms with Gasteiger partial charge < -0.3 is 9.52 Å². The van der Waals surface area contributed by atoms with Crippen molar-refractivity contribution in [3.05, 3.63) is 58.9 Å². The van der Waals surface area contributed by atoms with Gasteiger partial charge in [0.05, 0.1) is 22.4 Å². The zero-order valence-corrected chi connectivity index (χ0v) is 13.6. The van der Waals surface area contributed by atoms with Gasteiger partial charge in [0.15, 0.2) is 5.17 Å². The van der Waals surface area contributed by atoms with Crippen LogP contribution in [0, 0.1) is 0 Å².